The van der Waals surface area contributed by atoms with E-state index in [2.05, 4.69) is 32.0 Å². The number of benzene rings is 1. The van der Waals surface area contributed by atoms with E-state index >= 15 is 0 Å². The molecule has 37 heavy (non-hydrogen) atoms. The first-order valence-electron chi connectivity index (χ1n) is 12.4. The van der Waals surface area contributed by atoms with E-state index in [0.29, 0.717) is 11.4 Å². The van der Waals surface area contributed by atoms with Crippen LogP contribution in [0.2, 0.25) is 0 Å². The second-order valence-electron chi connectivity index (χ2n) is 8.91. The molecular weight excluding hydrogens is 468 g/mol. The molecule has 0 saturated carbocycles. The first kappa shape index (κ1) is 24.3. The van der Waals surface area contributed by atoms with E-state index in [-0.39, 0.29) is 29.6 Å². The summed E-state index contributed by atoms with van der Waals surface area (Å²) in [6.45, 7) is 6.82. The normalized spacial score (nSPS) is 15.5. The standard InChI is InChI=1S/C29H28N4O4/c1-3-36-29(35)25-26(34)24(17-21-18-31-27-22(21)9-6-12-30-27)37-28(25)32-23-11-10-20(16-19(23)2)8-7-15-33-13-4-5-14-33/h6,9-12,16-18,32,34H,3-5,13-15H2,1-2H3. The number of hydrogen-bond donors (Lipinski definition) is 2. The summed E-state index contributed by atoms with van der Waals surface area (Å²) in [4.78, 5) is 23.6. The van der Waals surface area contributed by atoms with Gasteiger partial charge in [-0.3, -0.25) is 4.90 Å². The molecule has 3 aromatic rings. The van der Waals surface area contributed by atoms with Crippen LogP contribution in [0.5, 0.6) is 5.75 Å². The molecule has 2 aliphatic heterocycles. The van der Waals surface area contributed by atoms with Crippen LogP contribution in [0, 0.1) is 18.8 Å². The number of anilines is 2. The molecule has 2 N–H and O–H groups in total. The van der Waals surface area contributed by atoms with E-state index in [1.54, 1.807) is 25.4 Å². The van der Waals surface area contributed by atoms with Crippen molar-refractivity contribution < 1.29 is 19.1 Å². The van der Waals surface area contributed by atoms with Crippen molar-refractivity contribution in [3.05, 3.63) is 64.5 Å². The molecule has 1 saturated heterocycles. The van der Waals surface area contributed by atoms with Gasteiger partial charge in [0, 0.05) is 34.8 Å². The predicted octanol–water partition coefficient (Wildman–Crippen LogP) is 5.31. The minimum absolute atomic E-state index is 0.0658. The van der Waals surface area contributed by atoms with Crippen LogP contribution in [0.4, 0.5) is 17.4 Å². The highest BCUT2D eigenvalue weighted by atomic mass is 16.5. The fourth-order valence-corrected chi connectivity index (χ4v) is 4.40. The monoisotopic (exact) mass is 496 g/mol. The van der Waals surface area contributed by atoms with Crippen molar-refractivity contribution in [1.29, 1.82) is 0 Å². The van der Waals surface area contributed by atoms with Gasteiger partial charge in [-0.25, -0.2) is 14.8 Å². The number of nitrogens with zero attached hydrogens (tertiary/aromatic N) is 3. The van der Waals surface area contributed by atoms with Gasteiger partial charge < -0.3 is 19.6 Å². The average Bonchev–Trinajstić information content (AvgIpc) is 3.62. The van der Waals surface area contributed by atoms with Crippen LogP contribution < -0.4 is 5.32 Å². The number of carbonyl (C=O) groups excluding carboxylic acids is 1. The Labute approximate surface area is 215 Å². The molecule has 2 aromatic heterocycles. The van der Waals surface area contributed by atoms with Crippen molar-refractivity contribution in [1.82, 2.24) is 9.88 Å². The molecule has 1 fully saturated rings. The van der Waals surface area contributed by atoms with Gasteiger partial charge in [0.25, 0.3) is 0 Å². The molecule has 0 atom stereocenters. The maximum absolute atomic E-state index is 12.7. The third-order valence-corrected chi connectivity index (χ3v) is 6.31. The zero-order valence-electron chi connectivity index (χ0n) is 20.9. The van der Waals surface area contributed by atoms with Gasteiger partial charge in [-0.15, -0.1) is 0 Å². The first-order chi connectivity index (χ1) is 18.0. The van der Waals surface area contributed by atoms with Crippen molar-refractivity contribution in [3.8, 4) is 17.6 Å². The van der Waals surface area contributed by atoms with Crippen LogP contribution >= 0.6 is 0 Å². The number of aliphatic imine (C=N–C) groups is 1. The summed E-state index contributed by atoms with van der Waals surface area (Å²) in [5, 5.41) is 14.1. The molecule has 8 nitrogen and oxygen atoms in total. The Balaban J connectivity index is 1.42. The lowest BCUT2D eigenvalue weighted by Crippen LogP contribution is -2.18. The highest BCUT2D eigenvalue weighted by Gasteiger charge is 2.27. The van der Waals surface area contributed by atoms with Gasteiger partial charge in [-0.2, -0.15) is 0 Å². The number of furan rings is 1. The smallest absolute Gasteiger partial charge is 0.347 e. The van der Waals surface area contributed by atoms with Gasteiger partial charge in [0.05, 0.1) is 13.2 Å². The number of rotatable bonds is 6. The van der Waals surface area contributed by atoms with Crippen molar-refractivity contribution >= 4 is 41.2 Å². The molecule has 5 rings (SSSR count). The molecule has 0 unspecified atom stereocenters. The highest BCUT2D eigenvalue weighted by molar-refractivity contribution is 6.21. The van der Waals surface area contributed by atoms with E-state index in [4.69, 9.17) is 9.15 Å². The molecule has 2 aliphatic rings. The molecule has 188 valence electrons. The molecule has 0 bridgehead atoms. The molecule has 1 aromatic carbocycles. The lowest BCUT2D eigenvalue weighted by molar-refractivity contribution is 0.0524. The predicted molar refractivity (Wildman–Crippen MR) is 144 cm³/mol. The third-order valence-electron chi connectivity index (χ3n) is 6.31. The van der Waals surface area contributed by atoms with E-state index in [0.717, 1.165) is 42.0 Å². The van der Waals surface area contributed by atoms with Crippen LogP contribution in [0.1, 0.15) is 52.6 Å². The number of aromatic hydroxyl groups is 1. The van der Waals surface area contributed by atoms with E-state index in [1.807, 2.05) is 37.3 Å². The Kier molecular flexibility index (Phi) is 7.06. The summed E-state index contributed by atoms with van der Waals surface area (Å²) in [5.74, 6) is 6.30. The summed E-state index contributed by atoms with van der Waals surface area (Å²) < 4.78 is 11.1. The zero-order valence-corrected chi connectivity index (χ0v) is 20.9. The third kappa shape index (κ3) is 5.27. The minimum atomic E-state index is -0.680. The number of aromatic nitrogens is 1. The molecular formula is C29H28N4O4. The van der Waals surface area contributed by atoms with Gasteiger partial charge in [0.2, 0.25) is 5.88 Å². The Morgan fingerprint density at radius 3 is 2.92 bits per heavy atom. The molecule has 0 amide bonds. The Hall–Kier alpha value is -4.35. The van der Waals surface area contributed by atoms with Crippen LogP contribution in [0.25, 0.3) is 11.6 Å². The number of likely N-dealkylation sites (tertiary alicyclic amines) is 1. The second kappa shape index (κ2) is 10.7. The quantitative estimate of drug-likeness (QED) is 0.352. The first-order valence-corrected chi connectivity index (χ1v) is 12.4. The summed E-state index contributed by atoms with van der Waals surface area (Å²) in [6, 6.07) is 9.47. The largest absolute Gasteiger partial charge is 0.504 e. The van der Waals surface area contributed by atoms with Crippen LogP contribution in [-0.4, -0.2) is 53.4 Å². The van der Waals surface area contributed by atoms with Crippen LogP contribution in [0.15, 0.2) is 45.9 Å². The van der Waals surface area contributed by atoms with Crippen molar-refractivity contribution in [2.45, 2.75) is 26.7 Å². The summed E-state index contributed by atoms with van der Waals surface area (Å²) in [5.41, 5.74) is 4.00. The SMILES string of the molecule is CCOC(=O)c1c(Nc2ccc(C#CCN3CCCC3)cc2C)oc(C=C2C=Nc3ncccc32)c1O. The number of esters is 1. The zero-order chi connectivity index (χ0) is 25.8. The number of fused-ring (bicyclic) bond motifs is 1. The lowest BCUT2D eigenvalue weighted by Gasteiger charge is -2.10. The fourth-order valence-electron chi connectivity index (χ4n) is 4.40. The van der Waals surface area contributed by atoms with Crippen LogP contribution in [-0.2, 0) is 4.74 Å². The number of ether oxygens (including phenoxy) is 1. The molecule has 0 aliphatic carbocycles. The fraction of sp³-hybridized carbons (Fsp3) is 0.276. The van der Waals surface area contributed by atoms with Gasteiger partial charge in [-0.1, -0.05) is 11.8 Å². The Morgan fingerprint density at radius 1 is 1.30 bits per heavy atom. The summed E-state index contributed by atoms with van der Waals surface area (Å²) in [6.07, 6.45) is 7.43. The lowest BCUT2D eigenvalue weighted by atomic mass is 10.1. The second-order valence-corrected chi connectivity index (χ2v) is 8.91. The van der Waals surface area contributed by atoms with Gasteiger partial charge in [0.1, 0.15) is 0 Å². The molecule has 0 spiro atoms. The number of aryl methyl sites for hydroxylation is 1. The highest BCUT2D eigenvalue weighted by Crippen LogP contribution is 2.39. The van der Waals surface area contributed by atoms with Gasteiger partial charge in [-0.05, 0) is 81.7 Å². The maximum atomic E-state index is 12.7. The van der Waals surface area contributed by atoms with E-state index in [1.165, 1.54) is 12.8 Å². The number of pyridine rings is 1. The van der Waals surface area contributed by atoms with E-state index < -0.39 is 5.97 Å². The number of allylic oxidation sites excluding steroid dienone is 1. The minimum Gasteiger partial charge on any atom is -0.504 e. The molecule has 0 radical (unpaired) electrons. The molecule has 8 heteroatoms. The van der Waals surface area contributed by atoms with Crippen molar-refractivity contribution in [2.24, 2.45) is 4.99 Å². The number of nitrogens with one attached hydrogen (secondary N) is 1. The maximum Gasteiger partial charge on any atom is 0.347 e. The number of carbonyl (C=O) groups is 1. The van der Waals surface area contributed by atoms with E-state index in [9.17, 15) is 9.90 Å². The van der Waals surface area contributed by atoms with Crippen molar-refractivity contribution in [3.63, 3.8) is 0 Å². The summed E-state index contributed by atoms with van der Waals surface area (Å²) in [7, 11) is 0. The molecule has 4 heterocycles. The van der Waals surface area contributed by atoms with Crippen molar-refractivity contribution in [2.75, 3.05) is 31.6 Å². The Morgan fingerprint density at radius 2 is 2.14 bits per heavy atom. The average molecular weight is 497 g/mol. The topological polar surface area (TPSA) is 100 Å². The Bertz CT molecular complexity index is 1450. The number of hydrogen-bond acceptors (Lipinski definition) is 8. The van der Waals surface area contributed by atoms with Gasteiger partial charge in [0.15, 0.2) is 22.9 Å². The summed E-state index contributed by atoms with van der Waals surface area (Å²) >= 11 is 0. The van der Waals surface area contributed by atoms with Crippen LogP contribution in [0.3, 0.4) is 0 Å². The van der Waals surface area contributed by atoms with Gasteiger partial charge >= 0.3 is 5.97 Å².